The molecule has 2 aliphatic heterocycles. The van der Waals surface area contributed by atoms with Gasteiger partial charge in [-0.05, 0) is 51.6 Å². The van der Waals surface area contributed by atoms with Gasteiger partial charge in [-0.2, -0.15) is 0 Å². The van der Waals surface area contributed by atoms with E-state index in [9.17, 15) is 8.42 Å². The second kappa shape index (κ2) is 9.90. The molecule has 8 heteroatoms. The fourth-order valence-corrected chi connectivity index (χ4v) is 4.90. The van der Waals surface area contributed by atoms with Gasteiger partial charge in [0, 0.05) is 45.8 Å². The van der Waals surface area contributed by atoms with Crippen LogP contribution >= 0.6 is 0 Å². The van der Waals surface area contributed by atoms with Gasteiger partial charge in [0.15, 0.2) is 5.96 Å². The van der Waals surface area contributed by atoms with Gasteiger partial charge in [-0.1, -0.05) is 6.92 Å². The van der Waals surface area contributed by atoms with E-state index < -0.39 is 10.0 Å². The van der Waals surface area contributed by atoms with Gasteiger partial charge < -0.3 is 10.2 Å². The lowest BCUT2D eigenvalue weighted by Crippen LogP contribution is -2.46. The molecule has 0 amide bonds. The quantitative estimate of drug-likeness (QED) is 0.522. The van der Waals surface area contributed by atoms with Crippen molar-refractivity contribution < 1.29 is 8.42 Å². The highest BCUT2D eigenvalue weighted by Gasteiger charge is 2.26. The van der Waals surface area contributed by atoms with Crippen molar-refractivity contribution in [3.05, 3.63) is 0 Å². The largest absolute Gasteiger partial charge is 0.357 e. The maximum atomic E-state index is 11.6. The normalized spacial score (nSPS) is 24.2. The van der Waals surface area contributed by atoms with Gasteiger partial charge in [-0.25, -0.2) is 12.7 Å². The summed E-state index contributed by atoms with van der Waals surface area (Å²) in [5, 5.41) is 3.41. The topological polar surface area (TPSA) is 68.2 Å². The SMILES string of the molecule is CCNC(=NCC1CCN(S(C)(=O)=O)CC1)N(C)CC1CCCN1CC. The lowest BCUT2D eigenvalue weighted by atomic mass is 9.98. The van der Waals surface area contributed by atoms with E-state index in [4.69, 9.17) is 4.99 Å². The van der Waals surface area contributed by atoms with Crippen molar-refractivity contribution in [2.24, 2.45) is 10.9 Å². The van der Waals surface area contributed by atoms with Crippen LogP contribution in [0.2, 0.25) is 0 Å². The molecule has 2 aliphatic rings. The van der Waals surface area contributed by atoms with E-state index in [1.54, 1.807) is 4.31 Å². The molecule has 0 radical (unpaired) electrons. The first kappa shape index (κ1) is 21.4. The Balaban J connectivity index is 1.88. The minimum absolute atomic E-state index is 0.466. The zero-order chi connectivity index (χ0) is 19.2. The third kappa shape index (κ3) is 6.09. The standard InChI is InChI=1S/C18H37N5O2S/c1-5-19-18(21(3)15-17-8-7-11-22(17)6-2)20-14-16-9-12-23(13-10-16)26(4,24)25/h16-17H,5-15H2,1-4H3,(H,19,20). The Kier molecular flexibility index (Phi) is 8.16. The molecule has 0 aliphatic carbocycles. The molecule has 2 saturated heterocycles. The number of piperidine rings is 1. The molecule has 0 saturated carbocycles. The average Bonchev–Trinajstić information content (AvgIpc) is 3.05. The Morgan fingerprint density at radius 3 is 2.46 bits per heavy atom. The summed E-state index contributed by atoms with van der Waals surface area (Å²) < 4.78 is 24.8. The third-order valence-electron chi connectivity index (χ3n) is 5.63. The van der Waals surface area contributed by atoms with Crippen LogP contribution in [0.5, 0.6) is 0 Å². The van der Waals surface area contributed by atoms with Crippen LogP contribution in [-0.4, -0.2) is 93.6 Å². The number of guanidine groups is 1. The molecule has 0 spiro atoms. The second-order valence-electron chi connectivity index (χ2n) is 7.61. The molecule has 1 unspecified atom stereocenters. The van der Waals surface area contributed by atoms with E-state index >= 15 is 0 Å². The lowest BCUT2D eigenvalue weighted by Gasteiger charge is -2.31. The summed E-state index contributed by atoms with van der Waals surface area (Å²) >= 11 is 0. The molecule has 1 atom stereocenters. The van der Waals surface area contributed by atoms with Crippen molar-refractivity contribution in [1.82, 2.24) is 19.4 Å². The Hall–Kier alpha value is -0.860. The van der Waals surface area contributed by atoms with Gasteiger partial charge in [0.05, 0.1) is 6.26 Å². The van der Waals surface area contributed by atoms with E-state index in [0.29, 0.717) is 25.0 Å². The molecule has 0 bridgehead atoms. The minimum Gasteiger partial charge on any atom is -0.357 e. The molecular formula is C18H37N5O2S. The van der Waals surface area contributed by atoms with E-state index in [-0.39, 0.29) is 0 Å². The number of likely N-dealkylation sites (tertiary alicyclic amines) is 1. The maximum absolute atomic E-state index is 11.6. The van der Waals surface area contributed by atoms with Crippen LogP contribution in [0.1, 0.15) is 39.5 Å². The molecule has 1 N–H and O–H groups in total. The van der Waals surface area contributed by atoms with Crippen LogP contribution in [0.3, 0.4) is 0 Å². The van der Waals surface area contributed by atoms with Crippen LogP contribution in [0, 0.1) is 5.92 Å². The summed E-state index contributed by atoms with van der Waals surface area (Å²) in [5.41, 5.74) is 0. The van der Waals surface area contributed by atoms with Crippen molar-refractivity contribution in [3.63, 3.8) is 0 Å². The zero-order valence-corrected chi connectivity index (χ0v) is 17.8. The van der Waals surface area contributed by atoms with Crippen molar-refractivity contribution in [3.8, 4) is 0 Å². The highest BCUT2D eigenvalue weighted by atomic mass is 32.2. The molecule has 0 aromatic heterocycles. The summed E-state index contributed by atoms with van der Waals surface area (Å²) in [4.78, 5) is 9.68. The number of sulfonamides is 1. The van der Waals surface area contributed by atoms with E-state index in [1.165, 1.54) is 25.6 Å². The predicted molar refractivity (Wildman–Crippen MR) is 108 cm³/mol. The number of aliphatic imine (C=N–C) groups is 1. The number of hydrogen-bond donors (Lipinski definition) is 1. The van der Waals surface area contributed by atoms with E-state index in [0.717, 1.165) is 45.0 Å². The number of nitrogens with zero attached hydrogens (tertiary/aromatic N) is 4. The van der Waals surface area contributed by atoms with Gasteiger partial charge in [-0.15, -0.1) is 0 Å². The lowest BCUT2D eigenvalue weighted by molar-refractivity contribution is 0.232. The molecule has 26 heavy (non-hydrogen) atoms. The Labute approximate surface area is 159 Å². The van der Waals surface area contributed by atoms with Crippen LogP contribution < -0.4 is 5.32 Å². The Morgan fingerprint density at radius 1 is 1.19 bits per heavy atom. The smallest absolute Gasteiger partial charge is 0.211 e. The Bertz CT molecular complexity index is 558. The van der Waals surface area contributed by atoms with Gasteiger partial charge in [0.1, 0.15) is 0 Å². The highest BCUT2D eigenvalue weighted by molar-refractivity contribution is 7.88. The highest BCUT2D eigenvalue weighted by Crippen LogP contribution is 2.20. The fraction of sp³-hybridized carbons (Fsp3) is 0.944. The summed E-state index contributed by atoms with van der Waals surface area (Å²) in [6.45, 7) is 10.5. The van der Waals surface area contributed by atoms with E-state index in [2.05, 4.69) is 36.0 Å². The summed E-state index contributed by atoms with van der Waals surface area (Å²) in [5.74, 6) is 1.44. The maximum Gasteiger partial charge on any atom is 0.211 e. The number of hydrogen-bond acceptors (Lipinski definition) is 4. The fourth-order valence-electron chi connectivity index (χ4n) is 4.03. The van der Waals surface area contributed by atoms with Crippen molar-refractivity contribution in [1.29, 1.82) is 0 Å². The Morgan fingerprint density at radius 2 is 1.88 bits per heavy atom. The number of likely N-dealkylation sites (N-methyl/N-ethyl adjacent to an activating group) is 2. The molecule has 0 aromatic rings. The zero-order valence-electron chi connectivity index (χ0n) is 16.9. The first-order valence-corrected chi connectivity index (χ1v) is 11.9. The first-order valence-electron chi connectivity index (χ1n) is 10.0. The predicted octanol–water partition coefficient (Wildman–Crippen LogP) is 1.04. The van der Waals surface area contributed by atoms with Crippen molar-refractivity contribution in [2.45, 2.75) is 45.6 Å². The van der Waals surface area contributed by atoms with Crippen molar-refractivity contribution in [2.75, 3.05) is 59.1 Å². The van der Waals surface area contributed by atoms with E-state index in [1.807, 2.05) is 0 Å². The molecule has 7 nitrogen and oxygen atoms in total. The molecule has 0 aromatic carbocycles. The van der Waals surface area contributed by atoms with Gasteiger partial charge in [0.25, 0.3) is 0 Å². The number of rotatable bonds is 7. The number of nitrogens with one attached hydrogen (secondary N) is 1. The third-order valence-corrected chi connectivity index (χ3v) is 6.93. The average molecular weight is 388 g/mol. The second-order valence-corrected chi connectivity index (χ2v) is 9.59. The first-order chi connectivity index (χ1) is 12.3. The summed E-state index contributed by atoms with van der Waals surface area (Å²) in [6, 6.07) is 0.617. The van der Waals surface area contributed by atoms with Gasteiger partial charge in [-0.3, -0.25) is 9.89 Å². The summed E-state index contributed by atoms with van der Waals surface area (Å²) in [6.07, 6.45) is 5.64. The van der Waals surface area contributed by atoms with Crippen molar-refractivity contribution >= 4 is 16.0 Å². The molecule has 2 heterocycles. The molecular weight excluding hydrogens is 350 g/mol. The van der Waals surface area contributed by atoms with Crippen LogP contribution in [-0.2, 0) is 10.0 Å². The monoisotopic (exact) mass is 387 g/mol. The van der Waals surface area contributed by atoms with Crippen LogP contribution in [0.4, 0.5) is 0 Å². The minimum atomic E-state index is -3.05. The molecule has 152 valence electrons. The van der Waals surface area contributed by atoms with Crippen LogP contribution in [0.15, 0.2) is 4.99 Å². The van der Waals surface area contributed by atoms with Crippen LogP contribution in [0.25, 0.3) is 0 Å². The molecule has 2 rings (SSSR count). The molecule has 2 fully saturated rings. The van der Waals surface area contributed by atoms with Gasteiger partial charge in [0.2, 0.25) is 10.0 Å². The summed E-state index contributed by atoms with van der Waals surface area (Å²) in [7, 11) is -0.927. The van der Waals surface area contributed by atoms with Gasteiger partial charge >= 0.3 is 0 Å².